The van der Waals surface area contributed by atoms with Crippen LogP contribution in [-0.4, -0.2) is 29.6 Å². The number of likely N-dealkylation sites (tertiary alicyclic amines) is 1. The van der Waals surface area contributed by atoms with Gasteiger partial charge in [-0.2, -0.15) is 0 Å². The van der Waals surface area contributed by atoms with Gasteiger partial charge in [0.05, 0.1) is 0 Å². The van der Waals surface area contributed by atoms with Gasteiger partial charge in [-0.25, -0.2) is 0 Å². The molecule has 5 rings (SSSR count). The minimum atomic E-state index is 0.0550. The number of fused-ring (bicyclic) bond motifs is 1. The first-order chi connectivity index (χ1) is 13.2. The third kappa shape index (κ3) is 3.40. The van der Waals surface area contributed by atoms with Gasteiger partial charge >= 0.3 is 0 Å². The van der Waals surface area contributed by atoms with E-state index in [4.69, 9.17) is 4.74 Å². The highest BCUT2D eigenvalue weighted by atomic mass is 16.5. The molecule has 2 aromatic carbocycles. The van der Waals surface area contributed by atoms with Gasteiger partial charge in [0, 0.05) is 38.4 Å². The Labute approximate surface area is 163 Å². The molecule has 3 aliphatic rings. The summed E-state index contributed by atoms with van der Waals surface area (Å²) in [4.78, 5) is 2.76. The molecule has 0 N–H and O–H groups in total. The molecule has 0 unspecified atom stereocenters. The van der Waals surface area contributed by atoms with Crippen molar-refractivity contribution >= 4 is 0 Å². The molecule has 1 saturated heterocycles. The summed E-state index contributed by atoms with van der Waals surface area (Å²) in [5, 5.41) is 0. The number of rotatable bonds is 2. The zero-order chi connectivity index (χ0) is 18.3. The predicted molar refractivity (Wildman–Crippen MR) is 111 cm³/mol. The molecule has 2 heteroatoms. The van der Waals surface area contributed by atoms with Crippen LogP contribution in [0, 0.1) is 6.92 Å². The summed E-state index contributed by atoms with van der Waals surface area (Å²) in [5.41, 5.74) is 5.39. The van der Waals surface area contributed by atoms with E-state index < -0.39 is 0 Å². The Morgan fingerprint density at radius 1 is 0.889 bits per heavy atom. The van der Waals surface area contributed by atoms with Crippen molar-refractivity contribution in [3.8, 4) is 16.9 Å². The van der Waals surface area contributed by atoms with Crippen LogP contribution in [0.2, 0.25) is 0 Å². The smallest absolute Gasteiger partial charge is 0.123 e. The minimum Gasteiger partial charge on any atom is -0.487 e. The Bertz CT molecular complexity index is 796. The predicted octanol–water partition coefficient (Wildman–Crippen LogP) is 5.76. The van der Waals surface area contributed by atoms with Crippen molar-refractivity contribution in [2.45, 2.75) is 69.9 Å². The van der Waals surface area contributed by atoms with Gasteiger partial charge in [-0.1, -0.05) is 55.2 Å². The van der Waals surface area contributed by atoms with Crippen LogP contribution in [0.1, 0.15) is 56.1 Å². The molecule has 142 valence electrons. The van der Waals surface area contributed by atoms with Gasteiger partial charge in [0.15, 0.2) is 0 Å². The molecule has 2 heterocycles. The van der Waals surface area contributed by atoms with Crippen LogP contribution >= 0.6 is 0 Å². The van der Waals surface area contributed by atoms with Gasteiger partial charge in [-0.15, -0.1) is 0 Å². The molecule has 0 atom stereocenters. The molecular formula is C25H31NO. The molecule has 2 aliphatic heterocycles. The maximum absolute atomic E-state index is 6.55. The van der Waals surface area contributed by atoms with E-state index in [1.807, 2.05) is 0 Å². The molecule has 1 spiro atoms. The quantitative estimate of drug-likeness (QED) is 0.674. The van der Waals surface area contributed by atoms with Crippen molar-refractivity contribution in [3.63, 3.8) is 0 Å². The van der Waals surface area contributed by atoms with Crippen molar-refractivity contribution in [1.29, 1.82) is 0 Å². The standard InChI is InChI=1S/C25H31NO/c1-19-7-9-20(10-8-19)21-11-12-24-22(17-21)18-25(27-24)13-15-26(16-14-25)23-5-3-2-4-6-23/h7-12,17,23H,2-6,13-16,18H2,1H3. The van der Waals surface area contributed by atoms with E-state index in [0.29, 0.717) is 0 Å². The van der Waals surface area contributed by atoms with Crippen molar-refractivity contribution in [1.82, 2.24) is 4.90 Å². The Morgan fingerprint density at radius 3 is 2.33 bits per heavy atom. The highest BCUT2D eigenvalue weighted by Gasteiger charge is 2.43. The number of aryl methyl sites for hydroxylation is 1. The van der Waals surface area contributed by atoms with Gasteiger partial charge in [0.1, 0.15) is 11.4 Å². The van der Waals surface area contributed by atoms with E-state index in [-0.39, 0.29) is 5.60 Å². The first-order valence-electron chi connectivity index (χ1n) is 10.8. The fourth-order valence-corrected chi connectivity index (χ4v) is 5.38. The van der Waals surface area contributed by atoms with Gasteiger partial charge in [-0.05, 0) is 48.6 Å². The van der Waals surface area contributed by atoms with Crippen LogP contribution in [0.3, 0.4) is 0 Å². The lowest BCUT2D eigenvalue weighted by atomic mass is 9.84. The van der Waals surface area contributed by atoms with Gasteiger partial charge in [-0.3, -0.25) is 0 Å². The van der Waals surface area contributed by atoms with E-state index in [1.54, 1.807) is 0 Å². The number of piperidine rings is 1. The summed E-state index contributed by atoms with van der Waals surface area (Å²) in [6.45, 7) is 4.57. The lowest BCUT2D eigenvalue weighted by molar-refractivity contribution is -0.0000515. The van der Waals surface area contributed by atoms with E-state index >= 15 is 0 Å². The van der Waals surface area contributed by atoms with Crippen LogP contribution in [-0.2, 0) is 6.42 Å². The summed E-state index contributed by atoms with van der Waals surface area (Å²) >= 11 is 0. The molecule has 0 radical (unpaired) electrons. The highest BCUT2D eigenvalue weighted by Crippen LogP contribution is 2.43. The third-order valence-corrected chi connectivity index (χ3v) is 7.08. The van der Waals surface area contributed by atoms with Crippen molar-refractivity contribution in [3.05, 3.63) is 53.6 Å². The summed E-state index contributed by atoms with van der Waals surface area (Å²) < 4.78 is 6.55. The zero-order valence-electron chi connectivity index (χ0n) is 16.5. The average Bonchev–Trinajstić information content (AvgIpc) is 3.06. The summed E-state index contributed by atoms with van der Waals surface area (Å²) in [7, 11) is 0. The SMILES string of the molecule is Cc1ccc(-c2ccc3c(c2)CC2(CCN(C4CCCCC4)CC2)O3)cc1. The second-order valence-electron chi connectivity index (χ2n) is 8.98. The third-order valence-electron chi connectivity index (χ3n) is 7.08. The fraction of sp³-hybridized carbons (Fsp3) is 0.520. The number of hydrogen-bond donors (Lipinski definition) is 0. The van der Waals surface area contributed by atoms with Crippen molar-refractivity contribution in [2.75, 3.05) is 13.1 Å². The van der Waals surface area contributed by atoms with Gasteiger partial charge < -0.3 is 9.64 Å². The van der Waals surface area contributed by atoms with E-state index in [1.165, 1.54) is 80.3 Å². The Balaban J connectivity index is 1.29. The topological polar surface area (TPSA) is 12.5 Å². The summed E-state index contributed by atoms with van der Waals surface area (Å²) in [6, 6.07) is 16.5. The number of hydrogen-bond acceptors (Lipinski definition) is 2. The molecule has 1 aliphatic carbocycles. The number of ether oxygens (including phenoxy) is 1. The molecule has 1 saturated carbocycles. The van der Waals surface area contributed by atoms with E-state index in [2.05, 4.69) is 54.3 Å². The summed E-state index contributed by atoms with van der Waals surface area (Å²) in [6.07, 6.45) is 10.6. The fourth-order valence-electron chi connectivity index (χ4n) is 5.38. The molecule has 0 aromatic heterocycles. The Kier molecular flexibility index (Phi) is 4.47. The van der Waals surface area contributed by atoms with Crippen LogP contribution in [0.5, 0.6) is 5.75 Å². The van der Waals surface area contributed by atoms with Crippen molar-refractivity contribution in [2.24, 2.45) is 0 Å². The summed E-state index contributed by atoms with van der Waals surface area (Å²) in [5.74, 6) is 1.12. The second-order valence-corrected chi connectivity index (χ2v) is 8.98. The van der Waals surface area contributed by atoms with Gasteiger partial charge in [0.25, 0.3) is 0 Å². The van der Waals surface area contributed by atoms with Crippen LogP contribution < -0.4 is 4.74 Å². The Morgan fingerprint density at radius 2 is 1.59 bits per heavy atom. The number of benzene rings is 2. The van der Waals surface area contributed by atoms with Gasteiger partial charge in [0.2, 0.25) is 0 Å². The molecule has 0 bridgehead atoms. The first kappa shape index (κ1) is 17.3. The van der Waals surface area contributed by atoms with E-state index in [0.717, 1.165) is 18.2 Å². The molecule has 0 amide bonds. The van der Waals surface area contributed by atoms with Crippen molar-refractivity contribution < 1.29 is 4.74 Å². The molecule has 27 heavy (non-hydrogen) atoms. The average molecular weight is 362 g/mol. The lowest BCUT2D eigenvalue weighted by Crippen LogP contribution is -2.50. The largest absolute Gasteiger partial charge is 0.487 e. The van der Waals surface area contributed by atoms with Crippen LogP contribution in [0.25, 0.3) is 11.1 Å². The molecule has 2 aromatic rings. The lowest BCUT2D eigenvalue weighted by Gasteiger charge is -2.43. The maximum atomic E-state index is 6.55. The maximum Gasteiger partial charge on any atom is 0.123 e. The molecule has 2 fully saturated rings. The monoisotopic (exact) mass is 361 g/mol. The number of nitrogens with zero attached hydrogens (tertiary/aromatic N) is 1. The minimum absolute atomic E-state index is 0.0550. The van der Waals surface area contributed by atoms with Crippen LogP contribution in [0.4, 0.5) is 0 Å². The van der Waals surface area contributed by atoms with E-state index in [9.17, 15) is 0 Å². The second kappa shape index (κ2) is 6.98. The molecular weight excluding hydrogens is 330 g/mol. The normalized spacial score (nSPS) is 22.6. The first-order valence-corrected chi connectivity index (χ1v) is 10.8. The van der Waals surface area contributed by atoms with Crippen LogP contribution in [0.15, 0.2) is 42.5 Å². The highest BCUT2D eigenvalue weighted by molar-refractivity contribution is 5.66. The molecule has 2 nitrogen and oxygen atoms in total. The Hall–Kier alpha value is -1.80. The zero-order valence-corrected chi connectivity index (χ0v) is 16.5.